The number of hydrogen-bond donors (Lipinski definition) is 1. The molecule has 0 amide bonds. The van der Waals surface area contributed by atoms with Gasteiger partial charge in [0.1, 0.15) is 12.7 Å². The van der Waals surface area contributed by atoms with Gasteiger partial charge in [-0.1, -0.05) is 13.8 Å². The summed E-state index contributed by atoms with van der Waals surface area (Å²) in [5.41, 5.74) is 0. The van der Waals surface area contributed by atoms with E-state index in [1.54, 1.807) is 13.4 Å². The fraction of sp³-hybridized carbons (Fsp3) is 0.615. The van der Waals surface area contributed by atoms with Gasteiger partial charge in [0.25, 0.3) is 5.95 Å². The van der Waals surface area contributed by atoms with E-state index in [4.69, 9.17) is 0 Å². The van der Waals surface area contributed by atoms with Crippen molar-refractivity contribution >= 4 is 11.9 Å². The molecular weight excluding hydrogens is 268 g/mol. The average molecular weight is 290 g/mol. The standard InChI is InChI=1S/C13H22N8/c1-9(2)6-10(3)20(5)12-17-11(14-4)18-13(19-12)21-8-15-7-16-21/h7-10H,6H2,1-5H3,(H,14,17,18,19). The van der Waals surface area contributed by atoms with Crippen molar-refractivity contribution in [2.24, 2.45) is 5.92 Å². The highest BCUT2D eigenvalue weighted by Crippen LogP contribution is 2.17. The molecule has 0 spiro atoms. The van der Waals surface area contributed by atoms with Gasteiger partial charge in [-0.2, -0.15) is 24.7 Å². The highest BCUT2D eigenvalue weighted by Gasteiger charge is 2.17. The second kappa shape index (κ2) is 6.47. The van der Waals surface area contributed by atoms with E-state index in [0.29, 0.717) is 29.8 Å². The smallest absolute Gasteiger partial charge is 0.258 e. The van der Waals surface area contributed by atoms with Crippen molar-refractivity contribution < 1.29 is 0 Å². The highest BCUT2D eigenvalue weighted by molar-refractivity contribution is 5.39. The largest absolute Gasteiger partial charge is 0.357 e. The molecule has 21 heavy (non-hydrogen) atoms. The van der Waals surface area contributed by atoms with Crippen LogP contribution in [-0.2, 0) is 0 Å². The molecule has 0 aromatic carbocycles. The Morgan fingerprint density at radius 3 is 2.57 bits per heavy atom. The molecule has 8 nitrogen and oxygen atoms in total. The molecule has 8 heteroatoms. The minimum atomic E-state index is 0.334. The van der Waals surface area contributed by atoms with Crippen LogP contribution in [0.2, 0.25) is 0 Å². The Balaban J connectivity index is 2.32. The Labute approximate surface area is 124 Å². The van der Waals surface area contributed by atoms with Gasteiger partial charge in [-0.05, 0) is 19.3 Å². The van der Waals surface area contributed by atoms with Gasteiger partial charge in [-0.3, -0.25) is 0 Å². The number of hydrogen-bond acceptors (Lipinski definition) is 7. The lowest BCUT2D eigenvalue weighted by Crippen LogP contribution is -2.32. The van der Waals surface area contributed by atoms with Crippen LogP contribution in [0.3, 0.4) is 0 Å². The minimum absolute atomic E-state index is 0.334. The van der Waals surface area contributed by atoms with Gasteiger partial charge in [0, 0.05) is 20.1 Å². The lowest BCUT2D eigenvalue weighted by atomic mass is 10.0. The molecule has 2 heterocycles. The third-order valence-corrected chi connectivity index (χ3v) is 3.25. The minimum Gasteiger partial charge on any atom is -0.357 e. The van der Waals surface area contributed by atoms with Gasteiger partial charge in [-0.25, -0.2) is 4.98 Å². The second-order valence-electron chi connectivity index (χ2n) is 5.44. The van der Waals surface area contributed by atoms with Crippen LogP contribution in [0.15, 0.2) is 12.7 Å². The molecule has 1 atom stereocenters. The van der Waals surface area contributed by atoms with Crippen molar-refractivity contribution in [3.05, 3.63) is 12.7 Å². The van der Waals surface area contributed by atoms with Gasteiger partial charge >= 0.3 is 0 Å². The van der Waals surface area contributed by atoms with Crippen molar-refractivity contribution in [1.29, 1.82) is 0 Å². The Hall–Kier alpha value is -2.25. The summed E-state index contributed by atoms with van der Waals surface area (Å²) in [5.74, 6) is 2.19. The summed E-state index contributed by atoms with van der Waals surface area (Å²) in [6.45, 7) is 6.58. The Bertz CT molecular complexity index is 566. The Kier molecular flexibility index (Phi) is 4.66. The summed E-state index contributed by atoms with van der Waals surface area (Å²) in [6, 6.07) is 0.334. The second-order valence-corrected chi connectivity index (χ2v) is 5.44. The maximum atomic E-state index is 4.48. The van der Waals surface area contributed by atoms with Gasteiger partial charge in [-0.15, -0.1) is 0 Å². The Morgan fingerprint density at radius 2 is 2.00 bits per heavy atom. The van der Waals surface area contributed by atoms with E-state index in [0.717, 1.165) is 6.42 Å². The van der Waals surface area contributed by atoms with E-state index in [-0.39, 0.29) is 0 Å². The lowest BCUT2D eigenvalue weighted by Gasteiger charge is -2.26. The van der Waals surface area contributed by atoms with Crippen LogP contribution in [0.1, 0.15) is 27.2 Å². The molecule has 0 radical (unpaired) electrons. The molecule has 0 bridgehead atoms. The van der Waals surface area contributed by atoms with Crippen LogP contribution >= 0.6 is 0 Å². The van der Waals surface area contributed by atoms with Crippen LogP contribution in [0.25, 0.3) is 5.95 Å². The summed E-state index contributed by atoms with van der Waals surface area (Å²) in [4.78, 5) is 19.2. The molecule has 0 saturated heterocycles. The van der Waals surface area contributed by atoms with Crippen molar-refractivity contribution in [1.82, 2.24) is 29.7 Å². The molecular formula is C13H22N8. The molecule has 0 fully saturated rings. The van der Waals surface area contributed by atoms with Crippen molar-refractivity contribution in [3.63, 3.8) is 0 Å². The highest BCUT2D eigenvalue weighted by atomic mass is 15.4. The predicted molar refractivity (Wildman–Crippen MR) is 81.6 cm³/mol. The Morgan fingerprint density at radius 1 is 1.24 bits per heavy atom. The molecule has 2 rings (SSSR count). The van der Waals surface area contributed by atoms with Crippen LogP contribution < -0.4 is 10.2 Å². The van der Waals surface area contributed by atoms with E-state index >= 15 is 0 Å². The van der Waals surface area contributed by atoms with Crippen LogP contribution in [0, 0.1) is 5.92 Å². The van der Waals surface area contributed by atoms with Crippen LogP contribution in [0.4, 0.5) is 11.9 Å². The zero-order chi connectivity index (χ0) is 15.4. The molecule has 114 valence electrons. The van der Waals surface area contributed by atoms with E-state index in [2.05, 4.69) is 56.0 Å². The first kappa shape index (κ1) is 15.1. The lowest BCUT2D eigenvalue weighted by molar-refractivity contribution is 0.499. The third-order valence-electron chi connectivity index (χ3n) is 3.25. The number of rotatable bonds is 6. The van der Waals surface area contributed by atoms with E-state index in [1.807, 2.05) is 7.05 Å². The summed E-state index contributed by atoms with van der Waals surface area (Å²) in [5, 5.41) is 7.02. The summed E-state index contributed by atoms with van der Waals surface area (Å²) < 4.78 is 1.52. The van der Waals surface area contributed by atoms with E-state index < -0.39 is 0 Å². The van der Waals surface area contributed by atoms with E-state index in [9.17, 15) is 0 Å². The first-order chi connectivity index (χ1) is 10.0. The molecule has 0 aliphatic rings. The zero-order valence-corrected chi connectivity index (χ0v) is 13.1. The average Bonchev–Trinajstić information content (AvgIpc) is 2.99. The molecule has 1 N–H and O–H groups in total. The number of anilines is 2. The maximum absolute atomic E-state index is 4.48. The van der Waals surface area contributed by atoms with Crippen molar-refractivity contribution in [3.8, 4) is 5.95 Å². The quantitative estimate of drug-likeness (QED) is 0.859. The molecule has 2 aromatic rings. The third kappa shape index (κ3) is 3.65. The fourth-order valence-electron chi connectivity index (χ4n) is 2.07. The normalized spacial score (nSPS) is 12.5. The van der Waals surface area contributed by atoms with Crippen LogP contribution in [-0.4, -0.2) is 49.9 Å². The molecule has 1 unspecified atom stereocenters. The van der Waals surface area contributed by atoms with Crippen LogP contribution in [0.5, 0.6) is 0 Å². The number of nitrogens with zero attached hydrogens (tertiary/aromatic N) is 7. The zero-order valence-electron chi connectivity index (χ0n) is 13.1. The van der Waals surface area contributed by atoms with Gasteiger partial charge in [0.15, 0.2) is 0 Å². The molecule has 0 saturated carbocycles. The first-order valence-corrected chi connectivity index (χ1v) is 7.03. The predicted octanol–water partition coefficient (Wildman–Crippen LogP) is 1.36. The molecule has 0 aliphatic carbocycles. The monoisotopic (exact) mass is 290 g/mol. The molecule has 0 aliphatic heterocycles. The summed E-state index contributed by atoms with van der Waals surface area (Å²) in [6.07, 6.45) is 4.08. The van der Waals surface area contributed by atoms with Gasteiger partial charge in [0.2, 0.25) is 11.9 Å². The van der Waals surface area contributed by atoms with Gasteiger partial charge < -0.3 is 10.2 Å². The number of aromatic nitrogens is 6. The van der Waals surface area contributed by atoms with Crippen molar-refractivity contribution in [2.45, 2.75) is 33.2 Å². The SMILES string of the molecule is CNc1nc(N(C)C(C)CC(C)C)nc(-n2cncn2)n1. The molecule has 2 aromatic heterocycles. The fourth-order valence-corrected chi connectivity index (χ4v) is 2.07. The maximum Gasteiger partial charge on any atom is 0.258 e. The first-order valence-electron chi connectivity index (χ1n) is 7.03. The van der Waals surface area contributed by atoms with E-state index in [1.165, 1.54) is 11.0 Å². The topological polar surface area (TPSA) is 84.7 Å². The summed E-state index contributed by atoms with van der Waals surface area (Å²) in [7, 11) is 3.77. The van der Waals surface area contributed by atoms with Crippen molar-refractivity contribution in [2.75, 3.05) is 24.3 Å². The number of nitrogens with one attached hydrogen (secondary N) is 1. The van der Waals surface area contributed by atoms with Gasteiger partial charge in [0.05, 0.1) is 0 Å². The summed E-state index contributed by atoms with van der Waals surface area (Å²) >= 11 is 0.